The minimum atomic E-state index is -0.0812. The largest absolute Gasteiger partial charge is 0.379 e. The van der Waals surface area contributed by atoms with Crippen LogP contribution < -0.4 is 5.32 Å². The molecule has 0 bridgehead atoms. The third-order valence-electron chi connectivity index (χ3n) is 5.56. The number of nitrogens with zero attached hydrogens (tertiary/aromatic N) is 4. The first-order valence-electron chi connectivity index (χ1n) is 14.7. The quantitative estimate of drug-likeness (QED) is 0.138. The lowest BCUT2D eigenvalue weighted by molar-refractivity contribution is -0.122. The Morgan fingerprint density at radius 1 is 0.581 bits per heavy atom. The second kappa shape index (κ2) is 25.8. The number of hydrogen-bond donors (Lipinski definition) is 1. The Morgan fingerprint density at radius 2 is 0.977 bits per heavy atom. The third kappa shape index (κ3) is 20.0. The molecule has 1 N–H and O–H groups in total. The van der Waals surface area contributed by atoms with Crippen LogP contribution in [0.3, 0.4) is 0 Å². The van der Waals surface area contributed by atoms with Crippen molar-refractivity contribution >= 4 is 5.91 Å². The van der Waals surface area contributed by atoms with Gasteiger partial charge < -0.3 is 43.2 Å². The molecule has 2 rings (SSSR count). The Morgan fingerprint density at radius 3 is 1.40 bits per heavy atom. The van der Waals surface area contributed by atoms with Gasteiger partial charge in [-0.1, -0.05) is 24.3 Å². The van der Waals surface area contributed by atoms with Crippen LogP contribution in [0.1, 0.15) is 24.7 Å². The van der Waals surface area contributed by atoms with E-state index in [-0.39, 0.29) is 12.3 Å². The Hall–Kier alpha value is -2.69. The number of carbonyl (C=O) groups is 1. The fourth-order valence-corrected chi connectivity index (χ4v) is 3.30. The van der Waals surface area contributed by atoms with Gasteiger partial charge in [0.15, 0.2) is 5.82 Å². The molecule has 0 unspecified atom stereocenters. The Kier molecular flexibility index (Phi) is 21.9. The summed E-state index contributed by atoms with van der Waals surface area (Å²) in [5, 5.41) is 18.7. The molecule has 2 aromatic rings. The summed E-state index contributed by atoms with van der Waals surface area (Å²) >= 11 is 0. The summed E-state index contributed by atoms with van der Waals surface area (Å²) in [5.74, 6) is 0.900. The van der Waals surface area contributed by atoms with E-state index in [0.717, 1.165) is 11.1 Å². The van der Waals surface area contributed by atoms with E-state index in [4.69, 9.17) is 37.9 Å². The average Bonchev–Trinajstić information content (AvgIpc) is 3.03. The molecule has 14 nitrogen and oxygen atoms in total. The van der Waals surface area contributed by atoms with Crippen LogP contribution in [-0.2, 0) is 49.2 Å². The average molecular weight is 610 g/mol. The molecular formula is C29H47N5O9. The summed E-state index contributed by atoms with van der Waals surface area (Å²) < 4.78 is 43.3. The standard InChI is InChI=1S/C29H47N5O9/c1-3-36-10-11-38-14-15-40-18-19-42-22-23-43-21-20-41-17-16-39-13-12-37-9-8-28(35)30-24-26-4-6-27(7-5-26)29-33-31-25(2)32-34-29/h4-7H,3,8-24H2,1-2H3,(H,30,35). The van der Waals surface area contributed by atoms with Crippen LogP contribution in [-0.4, -0.2) is 132 Å². The molecule has 0 atom stereocenters. The van der Waals surface area contributed by atoms with Crippen molar-refractivity contribution in [3.63, 3.8) is 0 Å². The predicted octanol–water partition coefficient (Wildman–Crippen LogP) is 1.40. The number of rotatable bonds is 28. The molecule has 1 heterocycles. The zero-order valence-corrected chi connectivity index (χ0v) is 25.5. The Bertz CT molecular complexity index is 939. The molecule has 1 aromatic carbocycles. The minimum absolute atomic E-state index is 0.0812. The first kappa shape index (κ1) is 36.5. The van der Waals surface area contributed by atoms with Gasteiger partial charge in [0.05, 0.1) is 99.1 Å². The van der Waals surface area contributed by atoms with Gasteiger partial charge in [0.2, 0.25) is 11.7 Å². The fourth-order valence-electron chi connectivity index (χ4n) is 3.30. The highest BCUT2D eigenvalue weighted by molar-refractivity contribution is 5.76. The van der Waals surface area contributed by atoms with Crippen molar-refractivity contribution in [2.75, 3.05) is 106 Å². The van der Waals surface area contributed by atoms with Crippen LogP contribution in [0, 0.1) is 6.92 Å². The van der Waals surface area contributed by atoms with E-state index in [1.165, 1.54) is 0 Å². The molecule has 0 aliphatic rings. The fraction of sp³-hybridized carbons (Fsp3) is 0.690. The van der Waals surface area contributed by atoms with E-state index >= 15 is 0 Å². The zero-order valence-electron chi connectivity index (χ0n) is 25.5. The van der Waals surface area contributed by atoms with Crippen molar-refractivity contribution in [1.82, 2.24) is 25.7 Å². The van der Waals surface area contributed by atoms with Gasteiger partial charge in [0.25, 0.3) is 0 Å². The molecule has 0 saturated carbocycles. The molecule has 0 aliphatic carbocycles. The second-order valence-corrected chi connectivity index (χ2v) is 8.98. The highest BCUT2D eigenvalue weighted by Crippen LogP contribution is 2.14. The van der Waals surface area contributed by atoms with Crippen LogP contribution in [0.5, 0.6) is 0 Å². The monoisotopic (exact) mass is 609 g/mol. The minimum Gasteiger partial charge on any atom is -0.379 e. The van der Waals surface area contributed by atoms with Crippen LogP contribution in [0.15, 0.2) is 24.3 Å². The van der Waals surface area contributed by atoms with Gasteiger partial charge in [-0.3, -0.25) is 4.79 Å². The summed E-state index contributed by atoms with van der Waals surface area (Å²) in [7, 11) is 0. The lowest BCUT2D eigenvalue weighted by atomic mass is 10.1. The molecule has 0 radical (unpaired) electrons. The van der Waals surface area contributed by atoms with Crippen molar-refractivity contribution < 1.29 is 42.7 Å². The summed E-state index contributed by atoms with van der Waals surface area (Å²) in [6.07, 6.45) is 0.278. The smallest absolute Gasteiger partial charge is 0.222 e. The van der Waals surface area contributed by atoms with Crippen molar-refractivity contribution in [2.24, 2.45) is 0 Å². The van der Waals surface area contributed by atoms with Gasteiger partial charge in [-0.05, 0) is 19.4 Å². The molecule has 0 aliphatic heterocycles. The Balaban J connectivity index is 1.28. The van der Waals surface area contributed by atoms with Crippen LogP contribution in [0.4, 0.5) is 0 Å². The van der Waals surface area contributed by atoms with E-state index in [9.17, 15) is 4.79 Å². The van der Waals surface area contributed by atoms with Crippen molar-refractivity contribution in [1.29, 1.82) is 0 Å². The van der Waals surface area contributed by atoms with E-state index in [0.29, 0.717) is 124 Å². The second-order valence-electron chi connectivity index (χ2n) is 8.98. The van der Waals surface area contributed by atoms with Gasteiger partial charge >= 0.3 is 0 Å². The SMILES string of the molecule is CCOCCOCCOCCOCCOCCOCCOCCOCCC(=O)NCc1ccc(-c2nnc(C)nn2)cc1. The summed E-state index contributed by atoms with van der Waals surface area (Å²) in [4.78, 5) is 12.1. The molecule has 43 heavy (non-hydrogen) atoms. The van der Waals surface area contributed by atoms with Gasteiger partial charge in [0.1, 0.15) is 0 Å². The number of ether oxygens (including phenoxy) is 8. The number of nitrogens with one attached hydrogen (secondary N) is 1. The number of aryl methyl sites for hydroxylation is 1. The predicted molar refractivity (Wildman–Crippen MR) is 156 cm³/mol. The van der Waals surface area contributed by atoms with E-state index in [1.54, 1.807) is 6.92 Å². The highest BCUT2D eigenvalue weighted by Gasteiger charge is 2.05. The van der Waals surface area contributed by atoms with E-state index in [2.05, 4.69) is 25.7 Å². The van der Waals surface area contributed by atoms with Crippen LogP contribution >= 0.6 is 0 Å². The summed E-state index contributed by atoms with van der Waals surface area (Å²) in [5.41, 5.74) is 1.78. The van der Waals surface area contributed by atoms with Crippen molar-refractivity contribution in [2.45, 2.75) is 26.8 Å². The molecule has 0 spiro atoms. The lowest BCUT2D eigenvalue weighted by Gasteiger charge is -2.09. The van der Waals surface area contributed by atoms with Crippen LogP contribution in [0.2, 0.25) is 0 Å². The van der Waals surface area contributed by atoms with E-state index < -0.39 is 0 Å². The number of carbonyl (C=O) groups excluding carboxylic acids is 1. The topological polar surface area (TPSA) is 154 Å². The molecular weight excluding hydrogens is 562 g/mol. The number of benzene rings is 1. The number of hydrogen-bond acceptors (Lipinski definition) is 13. The van der Waals surface area contributed by atoms with Crippen molar-refractivity contribution in [3.05, 3.63) is 35.7 Å². The molecule has 1 amide bonds. The molecule has 1 aromatic heterocycles. The maximum atomic E-state index is 12.1. The summed E-state index contributed by atoms with van der Waals surface area (Å²) in [6, 6.07) is 7.56. The third-order valence-corrected chi connectivity index (χ3v) is 5.56. The molecule has 0 fully saturated rings. The number of aromatic nitrogens is 4. The molecule has 242 valence electrons. The van der Waals surface area contributed by atoms with Gasteiger partial charge in [-0.2, -0.15) is 0 Å². The normalized spacial score (nSPS) is 11.2. The van der Waals surface area contributed by atoms with Crippen molar-refractivity contribution in [3.8, 4) is 11.4 Å². The van der Waals surface area contributed by atoms with E-state index in [1.807, 2.05) is 31.2 Å². The van der Waals surface area contributed by atoms with Gasteiger partial charge in [-0.15, -0.1) is 20.4 Å². The maximum Gasteiger partial charge on any atom is 0.222 e. The molecule has 14 heteroatoms. The highest BCUT2D eigenvalue weighted by atomic mass is 16.6. The zero-order chi connectivity index (χ0) is 30.6. The maximum absolute atomic E-state index is 12.1. The van der Waals surface area contributed by atoms with Crippen LogP contribution in [0.25, 0.3) is 11.4 Å². The van der Waals surface area contributed by atoms with Gasteiger partial charge in [0, 0.05) is 25.1 Å². The lowest BCUT2D eigenvalue weighted by Crippen LogP contribution is -2.24. The van der Waals surface area contributed by atoms with Gasteiger partial charge in [-0.25, -0.2) is 0 Å². The Labute approximate surface area is 254 Å². The summed E-state index contributed by atoms with van der Waals surface area (Å²) in [6.45, 7) is 12.3. The number of amides is 1. The molecule has 0 saturated heterocycles. The first-order chi connectivity index (χ1) is 21.2. The first-order valence-corrected chi connectivity index (χ1v) is 14.7.